The molecule has 96 valence electrons. The van der Waals surface area contributed by atoms with Gasteiger partial charge >= 0.3 is 0 Å². The molecule has 17 heavy (non-hydrogen) atoms. The highest BCUT2D eigenvalue weighted by Crippen LogP contribution is 2.27. The quantitative estimate of drug-likeness (QED) is 0.896. The first-order valence-electron chi connectivity index (χ1n) is 5.10. The smallest absolute Gasteiger partial charge is 0.147 e. The molecule has 1 rings (SSSR count). The zero-order valence-electron chi connectivity index (χ0n) is 9.36. The first-order chi connectivity index (χ1) is 7.79. The van der Waals surface area contributed by atoms with Crippen LogP contribution in [0.4, 0.5) is 0 Å². The van der Waals surface area contributed by atoms with E-state index >= 15 is 0 Å². The van der Waals surface area contributed by atoms with Crippen LogP contribution in [0.5, 0.6) is 0 Å². The fourth-order valence-electron chi connectivity index (χ4n) is 1.43. The van der Waals surface area contributed by atoms with E-state index in [4.69, 9.17) is 11.6 Å². The van der Waals surface area contributed by atoms with Gasteiger partial charge in [0.15, 0.2) is 0 Å². The Bertz CT molecular complexity index is 487. The van der Waals surface area contributed by atoms with Gasteiger partial charge in [0.2, 0.25) is 0 Å². The third-order valence-electron chi connectivity index (χ3n) is 2.32. The number of benzene rings is 1. The average Bonchev–Trinajstić information content (AvgIpc) is 2.20. The van der Waals surface area contributed by atoms with E-state index in [9.17, 15) is 13.5 Å². The highest BCUT2D eigenvalue weighted by Gasteiger charge is 2.11. The van der Waals surface area contributed by atoms with Crippen LogP contribution in [0, 0.1) is 0 Å². The number of halogens is 2. The zero-order chi connectivity index (χ0) is 13.1. The monoisotopic (exact) mass is 340 g/mol. The van der Waals surface area contributed by atoms with Crippen molar-refractivity contribution in [3.8, 4) is 0 Å². The highest BCUT2D eigenvalue weighted by molar-refractivity contribution is 9.10. The molecule has 1 unspecified atom stereocenters. The van der Waals surface area contributed by atoms with Crippen LogP contribution in [0.15, 0.2) is 22.7 Å². The van der Waals surface area contributed by atoms with Crippen LogP contribution in [-0.4, -0.2) is 25.5 Å². The summed E-state index contributed by atoms with van der Waals surface area (Å²) >= 11 is 9.12. The number of aliphatic hydroxyl groups excluding tert-OH is 1. The Labute approximate surface area is 115 Å². The van der Waals surface area contributed by atoms with Crippen LogP contribution < -0.4 is 0 Å². The van der Waals surface area contributed by atoms with Crippen LogP contribution >= 0.6 is 27.5 Å². The summed E-state index contributed by atoms with van der Waals surface area (Å²) < 4.78 is 22.6. The van der Waals surface area contributed by atoms with Gasteiger partial charge in [-0.15, -0.1) is 0 Å². The fraction of sp³-hybridized carbons (Fsp3) is 0.455. The molecule has 0 aliphatic heterocycles. The summed E-state index contributed by atoms with van der Waals surface area (Å²) in [6, 6.07) is 5.17. The molecule has 6 heteroatoms. The van der Waals surface area contributed by atoms with Gasteiger partial charge in [-0.1, -0.05) is 17.7 Å². The van der Waals surface area contributed by atoms with Crippen LogP contribution in [0.2, 0.25) is 5.02 Å². The standard InChI is InChI=1S/C11H14BrClO3S/c1-17(15,16)6-2-3-11(14)8-4-5-10(13)9(12)7-8/h4-5,7,11,14H,2-3,6H2,1H3. The maximum Gasteiger partial charge on any atom is 0.147 e. The summed E-state index contributed by atoms with van der Waals surface area (Å²) in [5.74, 6) is 0.0961. The van der Waals surface area contributed by atoms with Crippen LogP contribution in [-0.2, 0) is 9.84 Å². The lowest BCUT2D eigenvalue weighted by atomic mass is 10.1. The third-order valence-corrected chi connectivity index (χ3v) is 4.57. The molecule has 1 aromatic rings. The van der Waals surface area contributed by atoms with Crippen LogP contribution in [0.3, 0.4) is 0 Å². The number of sulfone groups is 1. The minimum Gasteiger partial charge on any atom is -0.388 e. The minimum atomic E-state index is -2.96. The molecule has 0 spiro atoms. The van der Waals surface area contributed by atoms with Crippen molar-refractivity contribution < 1.29 is 13.5 Å². The molecular weight excluding hydrogens is 328 g/mol. The molecule has 0 bridgehead atoms. The molecule has 0 fully saturated rings. The van der Waals surface area contributed by atoms with Crippen molar-refractivity contribution in [2.45, 2.75) is 18.9 Å². The molecule has 0 aliphatic rings. The lowest BCUT2D eigenvalue weighted by molar-refractivity contribution is 0.166. The number of rotatable bonds is 5. The van der Waals surface area contributed by atoms with E-state index in [2.05, 4.69) is 15.9 Å². The van der Waals surface area contributed by atoms with Crippen LogP contribution in [0.25, 0.3) is 0 Å². The Morgan fingerprint density at radius 2 is 2.12 bits per heavy atom. The van der Waals surface area contributed by atoms with Gasteiger partial charge in [-0.2, -0.15) is 0 Å². The molecular formula is C11H14BrClO3S. The first-order valence-corrected chi connectivity index (χ1v) is 8.33. The molecule has 1 N–H and O–H groups in total. The molecule has 1 aromatic carbocycles. The van der Waals surface area contributed by atoms with E-state index in [-0.39, 0.29) is 5.75 Å². The molecule has 0 saturated carbocycles. The molecule has 0 amide bonds. The fourth-order valence-corrected chi connectivity index (χ4v) is 2.63. The Hall–Kier alpha value is -0.100. The van der Waals surface area contributed by atoms with Gasteiger partial charge in [-0.25, -0.2) is 8.42 Å². The van der Waals surface area contributed by atoms with Crippen molar-refractivity contribution in [2.24, 2.45) is 0 Å². The number of aliphatic hydroxyl groups is 1. The van der Waals surface area contributed by atoms with Crippen molar-refractivity contribution in [2.75, 3.05) is 12.0 Å². The normalized spacial score (nSPS) is 13.6. The van der Waals surface area contributed by atoms with Crippen molar-refractivity contribution in [3.63, 3.8) is 0 Å². The average molecular weight is 342 g/mol. The second-order valence-corrected chi connectivity index (χ2v) is 7.48. The van der Waals surface area contributed by atoms with Gasteiger partial charge in [0, 0.05) is 16.5 Å². The van der Waals surface area contributed by atoms with E-state index in [1.54, 1.807) is 18.2 Å². The number of hydrogen-bond donors (Lipinski definition) is 1. The van der Waals surface area contributed by atoms with E-state index in [1.807, 2.05) is 0 Å². The van der Waals surface area contributed by atoms with Gasteiger partial charge in [-0.3, -0.25) is 0 Å². The summed E-state index contributed by atoms with van der Waals surface area (Å²) in [5.41, 5.74) is 0.731. The third kappa shape index (κ3) is 5.38. The largest absolute Gasteiger partial charge is 0.388 e. The highest BCUT2D eigenvalue weighted by atomic mass is 79.9. The van der Waals surface area contributed by atoms with Crippen molar-refractivity contribution in [1.29, 1.82) is 0 Å². The molecule has 0 radical (unpaired) electrons. The predicted molar refractivity (Wildman–Crippen MR) is 73.1 cm³/mol. The molecule has 0 heterocycles. The maximum atomic E-state index is 10.9. The van der Waals surface area contributed by atoms with Gasteiger partial charge in [0.05, 0.1) is 11.1 Å². The molecule has 3 nitrogen and oxygen atoms in total. The summed E-state index contributed by atoms with van der Waals surface area (Å²) in [5, 5.41) is 10.5. The van der Waals surface area contributed by atoms with Gasteiger partial charge < -0.3 is 5.11 Å². The van der Waals surface area contributed by atoms with E-state index < -0.39 is 15.9 Å². The minimum absolute atomic E-state index is 0.0961. The van der Waals surface area contributed by atoms with Gasteiger partial charge in [0.25, 0.3) is 0 Å². The summed E-state index contributed by atoms with van der Waals surface area (Å²) in [6.07, 6.45) is 1.39. The van der Waals surface area contributed by atoms with Crippen molar-refractivity contribution >= 4 is 37.4 Å². The van der Waals surface area contributed by atoms with E-state index in [1.165, 1.54) is 6.26 Å². The lowest BCUT2D eigenvalue weighted by Crippen LogP contribution is -2.05. The summed E-state index contributed by atoms with van der Waals surface area (Å²) in [7, 11) is -2.96. The zero-order valence-corrected chi connectivity index (χ0v) is 12.5. The van der Waals surface area contributed by atoms with E-state index in [0.29, 0.717) is 17.9 Å². The molecule has 0 aliphatic carbocycles. The SMILES string of the molecule is CS(=O)(=O)CCCC(O)c1ccc(Cl)c(Br)c1. The first kappa shape index (κ1) is 15.0. The van der Waals surface area contributed by atoms with Crippen molar-refractivity contribution in [3.05, 3.63) is 33.3 Å². The van der Waals surface area contributed by atoms with E-state index in [0.717, 1.165) is 10.0 Å². The Morgan fingerprint density at radius 1 is 1.47 bits per heavy atom. The summed E-state index contributed by atoms with van der Waals surface area (Å²) in [6.45, 7) is 0. The van der Waals surface area contributed by atoms with Crippen molar-refractivity contribution in [1.82, 2.24) is 0 Å². The lowest BCUT2D eigenvalue weighted by Gasteiger charge is -2.11. The Balaban J connectivity index is 2.58. The molecule has 1 atom stereocenters. The molecule has 0 saturated heterocycles. The second-order valence-electron chi connectivity index (χ2n) is 3.96. The molecule has 0 aromatic heterocycles. The Morgan fingerprint density at radius 3 is 2.65 bits per heavy atom. The second kappa shape index (κ2) is 6.18. The van der Waals surface area contributed by atoms with Gasteiger partial charge in [0.1, 0.15) is 9.84 Å². The Kier molecular flexibility index (Phi) is 5.44. The predicted octanol–water partition coefficient (Wildman–Crippen LogP) is 2.96. The maximum absolute atomic E-state index is 10.9. The topological polar surface area (TPSA) is 54.4 Å². The van der Waals surface area contributed by atoms with Gasteiger partial charge in [-0.05, 0) is 46.5 Å². The van der Waals surface area contributed by atoms with Crippen LogP contribution in [0.1, 0.15) is 24.5 Å². The number of hydrogen-bond acceptors (Lipinski definition) is 3. The summed E-state index contributed by atoms with van der Waals surface area (Å²) in [4.78, 5) is 0.